The Morgan fingerprint density at radius 3 is 2.30 bits per heavy atom. The Labute approximate surface area is 127 Å². The van der Waals surface area contributed by atoms with Gasteiger partial charge in [-0.25, -0.2) is 4.83 Å². The van der Waals surface area contributed by atoms with E-state index in [1.54, 1.807) is 24.3 Å². The number of benzene rings is 2. The minimum Gasteiger partial charge on any atom is -0.200 e. The first kappa shape index (κ1) is 14.8. The fourth-order valence-corrected chi connectivity index (χ4v) is 2.51. The molecule has 0 spiro atoms. The molecule has 0 unspecified atom stereocenters. The maximum Gasteiger partial charge on any atom is 0.276 e. The largest absolute Gasteiger partial charge is 0.276 e. The Balaban J connectivity index is 2.14. The van der Waals surface area contributed by atoms with Crippen molar-refractivity contribution in [3.05, 3.63) is 64.1 Å². The van der Waals surface area contributed by atoms with Crippen molar-refractivity contribution < 1.29 is 8.42 Å². The van der Waals surface area contributed by atoms with Gasteiger partial charge in [0, 0.05) is 15.6 Å². The van der Waals surface area contributed by atoms with Crippen LogP contribution >= 0.6 is 23.2 Å². The van der Waals surface area contributed by atoms with E-state index in [1.807, 2.05) is 0 Å². The van der Waals surface area contributed by atoms with Crippen LogP contribution < -0.4 is 4.83 Å². The topological polar surface area (TPSA) is 58.5 Å². The Morgan fingerprint density at radius 2 is 1.65 bits per heavy atom. The van der Waals surface area contributed by atoms with Gasteiger partial charge in [-0.15, -0.1) is 0 Å². The molecule has 0 aliphatic heterocycles. The average Bonchev–Trinajstić information content (AvgIpc) is 2.41. The number of sulfonamides is 1. The highest BCUT2D eigenvalue weighted by Crippen LogP contribution is 2.14. The van der Waals surface area contributed by atoms with Gasteiger partial charge in [0.15, 0.2) is 0 Å². The van der Waals surface area contributed by atoms with E-state index >= 15 is 0 Å². The number of hydrazone groups is 1. The zero-order valence-corrected chi connectivity index (χ0v) is 12.5. The first-order chi connectivity index (χ1) is 9.49. The summed E-state index contributed by atoms with van der Waals surface area (Å²) in [7, 11) is -3.71. The van der Waals surface area contributed by atoms with Gasteiger partial charge >= 0.3 is 0 Å². The van der Waals surface area contributed by atoms with E-state index in [2.05, 4.69) is 9.93 Å². The lowest BCUT2D eigenvalue weighted by Crippen LogP contribution is -2.18. The van der Waals surface area contributed by atoms with E-state index in [0.717, 1.165) is 0 Å². The van der Waals surface area contributed by atoms with Crippen molar-refractivity contribution in [1.82, 2.24) is 4.83 Å². The maximum absolute atomic E-state index is 11.9. The van der Waals surface area contributed by atoms with Gasteiger partial charge < -0.3 is 0 Å². The molecule has 0 aliphatic rings. The summed E-state index contributed by atoms with van der Waals surface area (Å²) < 4.78 is 23.8. The van der Waals surface area contributed by atoms with Crippen LogP contribution in [-0.4, -0.2) is 14.6 Å². The molecule has 2 aromatic rings. The van der Waals surface area contributed by atoms with Gasteiger partial charge in [0.25, 0.3) is 10.0 Å². The second-order valence-corrected chi connectivity index (χ2v) is 6.33. The number of halogens is 2. The van der Waals surface area contributed by atoms with Crippen LogP contribution in [0.5, 0.6) is 0 Å². The van der Waals surface area contributed by atoms with Gasteiger partial charge in [-0.2, -0.15) is 13.5 Å². The van der Waals surface area contributed by atoms with Crippen molar-refractivity contribution in [2.75, 3.05) is 0 Å². The third kappa shape index (κ3) is 3.72. The molecule has 0 saturated carbocycles. The first-order valence-corrected chi connectivity index (χ1v) is 7.78. The van der Waals surface area contributed by atoms with Gasteiger partial charge in [0.05, 0.1) is 11.1 Å². The lowest BCUT2D eigenvalue weighted by Gasteiger charge is -2.03. The molecule has 0 amide bonds. The van der Waals surface area contributed by atoms with E-state index < -0.39 is 10.0 Å². The molecule has 4 nitrogen and oxygen atoms in total. The van der Waals surface area contributed by atoms with Gasteiger partial charge in [0.2, 0.25) is 0 Å². The molecule has 0 atom stereocenters. The SMILES string of the molecule is O=S(=O)(NN=Cc1ccccc1Cl)c1ccc(Cl)cc1. The van der Waals surface area contributed by atoms with Crippen LogP contribution in [0.2, 0.25) is 10.0 Å². The Kier molecular flexibility index (Phi) is 4.65. The number of nitrogens with one attached hydrogen (secondary N) is 1. The summed E-state index contributed by atoms with van der Waals surface area (Å²) in [4.78, 5) is 2.19. The van der Waals surface area contributed by atoms with Crippen molar-refractivity contribution in [2.45, 2.75) is 4.90 Å². The molecular formula is C13H10Cl2N2O2S. The third-order valence-corrected chi connectivity index (χ3v) is 4.24. The van der Waals surface area contributed by atoms with Gasteiger partial charge in [-0.1, -0.05) is 41.4 Å². The molecule has 0 bridgehead atoms. The second kappa shape index (κ2) is 6.26. The van der Waals surface area contributed by atoms with Gasteiger partial charge in [-0.05, 0) is 30.3 Å². The molecular weight excluding hydrogens is 319 g/mol. The standard InChI is InChI=1S/C13H10Cl2N2O2S/c14-11-5-7-12(8-6-11)20(18,19)17-16-9-10-3-1-2-4-13(10)15/h1-9,17H. The van der Waals surface area contributed by atoms with E-state index in [-0.39, 0.29) is 4.90 Å². The predicted molar refractivity (Wildman–Crippen MR) is 80.8 cm³/mol. The number of nitrogens with zero attached hydrogens (tertiary/aromatic N) is 1. The highest BCUT2D eigenvalue weighted by atomic mass is 35.5. The molecule has 7 heteroatoms. The molecule has 0 aromatic heterocycles. The second-order valence-electron chi connectivity index (χ2n) is 3.83. The van der Waals surface area contributed by atoms with Crippen LogP contribution in [0.1, 0.15) is 5.56 Å². The summed E-state index contributed by atoms with van der Waals surface area (Å²) in [5.41, 5.74) is 0.618. The average molecular weight is 329 g/mol. The van der Waals surface area contributed by atoms with Crippen molar-refractivity contribution in [3.63, 3.8) is 0 Å². The maximum atomic E-state index is 11.9. The van der Waals surface area contributed by atoms with Crippen LogP contribution in [0.25, 0.3) is 0 Å². The molecule has 104 valence electrons. The monoisotopic (exact) mass is 328 g/mol. The molecule has 0 saturated heterocycles. The van der Waals surface area contributed by atoms with Crippen LogP contribution in [-0.2, 0) is 10.0 Å². The zero-order valence-electron chi connectivity index (χ0n) is 10.1. The first-order valence-electron chi connectivity index (χ1n) is 5.54. The van der Waals surface area contributed by atoms with Gasteiger partial charge in [-0.3, -0.25) is 0 Å². The smallest absolute Gasteiger partial charge is 0.200 e. The predicted octanol–water partition coefficient (Wildman–Crippen LogP) is 3.31. The molecule has 0 heterocycles. The highest BCUT2D eigenvalue weighted by molar-refractivity contribution is 7.89. The van der Waals surface area contributed by atoms with E-state index in [0.29, 0.717) is 15.6 Å². The highest BCUT2D eigenvalue weighted by Gasteiger charge is 2.11. The minimum absolute atomic E-state index is 0.0817. The fourth-order valence-electron chi connectivity index (χ4n) is 1.41. The molecule has 0 fully saturated rings. The quantitative estimate of drug-likeness (QED) is 0.691. The van der Waals surface area contributed by atoms with Crippen LogP contribution in [0.3, 0.4) is 0 Å². The van der Waals surface area contributed by atoms with Crippen molar-refractivity contribution in [1.29, 1.82) is 0 Å². The number of hydrogen-bond acceptors (Lipinski definition) is 3. The molecule has 2 rings (SSSR count). The Morgan fingerprint density at radius 1 is 1.00 bits per heavy atom. The lowest BCUT2D eigenvalue weighted by molar-refractivity contribution is 0.584. The molecule has 1 N–H and O–H groups in total. The Bertz CT molecular complexity index is 728. The fraction of sp³-hybridized carbons (Fsp3) is 0. The normalized spacial score (nSPS) is 11.7. The van der Waals surface area contributed by atoms with Crippen molar-refractivity contribution in [3.8, 4) is 0 Å². The molecule has 0 aliphatic carbocycles. The zero-order chi connectivity index (χ0) is 14.6. The summed E-state index contributed by atoms with van der Waals surface area (Å²) in [6.45, 7) is 0. The molecule has 2 aromatic carbocycles. The summed E-state index contributed by atoms with van der Waals surface area (Å²) in [5, 5.41) is 4.64. The third-order valence-electron chi connectivity index (χ3n) is 2.41. The van der Waals surface area contributed by atoms with Crippen LogP contribution in [0, 0.1) is 0 Å². The summed E-state index contributed by atoms with van der Waals surface area (Å²) in [6, 6.07) is 12.8. The summed E-state index contributed by atoms with van der Waals surface area (Å²) in [5.74, 6) is 0. The van der Waals surface area contributed by atoms with Crippen LogP contribution in [0.15, 0.2) is 58.5 Å². The minimum atomic E-state index is -3.71. The van der Waals surface area contributed by atoms with E-state index in [9.17, 15) is 8.42 Å². The summed E-state index contributed by atoms with van der Waals surface area (Å²) in [6.07, 6.45) is 1.34. The Hall–Kier alpha value is -1.56. The molecule has 20 heavy (non-hydrogen) atoms. The van der Waals surface area contributed by atoms with Gasteiger partial charge in [0.1, 0.15) is 0 Å². The molecule has 0 radical (unpaired) electrons. The van der Waals surface area contributed by atoms with E-state index in [1.165, 1.54) is 30.5 Å². The van der Waals surface area contributed by atoms with Crippen molar-refractivity contribution >= 4 is 39.4 Å². The number of hydrogen-bond donors (Lipinski definition) is 1. The summed E-state index contributed by atoms with van der Waals surface area (Å²) >= 11 is 11.6. The van der Waals surface area contributed by atoms with E-state index in [4.69, 9.17) is 23.2 Å². The van der Waals surface area contributed by atoms with Crippen LogP contribution in [0.4, 0.5) is 0 Å². The van der Waals surface area contributed by atoms with Crippen molar-refractivity contribution in [2.24, 2.45) is 5.10 Å². The number of rotatable bonds is 4. The lowest BCUT2D eigenvalue weighted by atomic mass is 10.2.